The molecule has 1 rings (SSSR count). The number of benzene rings is 1. The van der Waals surface area contributed by atoms with Crippen LogP contribution in [0.15, 0.2) is 18.2 Å². The Morgan fingerprint density at radius 3 is 2.74 bits per heavy atom. The summed E-state index contributed by atoms with van der Waals surface area (Å²) in [5.74, 6) is -0.122. The molecule has 0 aliphatic rings. The minimum absolute atomic E-state index is 0.0436. The van der Waals surface area contributed by atoms with Gasteiger partial charge < -0.3 is 25.0 Å². The van der Waals surface area contributed by atoms with Crippen molar-refractivity contribution in [3.63, 3.8) is 0 Å². The van der Waals surface area contributed by atoms with Gasteiger partial charge in [-0.1, -0.05) is 12.1 Å². The van der Waals surface area contributed by atoms with E-state index in [-0.39, 0.29) is 11.5 Å². The second-order valence-electron chi connectivity index (χ2n) is 4.27. The molecule has 0 radical (unpaired) electrons. The number of hydrogen-bond acceptors (Lipinski definition) is 5. The molecule has 5 nitrogen and oxygen atoms in total. The Balaban J connectivity index is 2.03. The Bertz CT molecular complexity index is 357. The minimum atomic E-state index is -0.0779. The van der Waals surface area contributed by atoms with Gasteiger partial charge in [0.15, 0.2) is 11.5 Å². The van der Waals surface area contributed by atoms with Crippen LogP contribution in [0, 0.1) is 0 Å². The molecule has 0 unspecified atom stereocenters. The van der Waals surface area contributed by atoms with E-state index in [1.807, 2.05) is 0 Å². The number of unbranched alkanes of at least 4 members (excludes halogenated alkanes) is 1. The maximum Gasteiger partial charge on any atom is 0.161 e. The molecule has 108 valence electrons. The van der Waals surface area contributed by atoms with E-state index < -0.39 is 0 Å². The second kappa shape index (κ2) is 9.61. The highest BCUT2D eigenvalue weighted by Gasteiger charge is 2.04. The first kappa shape index (κ1) is 15.8. The third-order valence-corrected chi connectivity index (χ3v) is 2.74. The summed E-state index contributed by atoms with van der Waals surface area (Å²) in [6.45, 7) is 3.41. The lowest BCUT2D eigenvalue weighted by atomic mass is 10.2. The van der Waals surface area contributed by atoms with Crippen molar-refractivity contribution in [2.24, 2.45) is 0 Å². The van der Waals surface area contributed by atoms with Crippen LogP contribution < -0.4 is 5.32 Å². The van der Waals surface area contributed by atoms with E-state index in [0.717, 1.165) is 26.0 Å². The fraction of sp³-hybridized carbons (Fsp3) is 0.571. The highest BCUT2D eigenvalue weighted by Crippen LogP contribution is 2.27. The maximum atomic E-state index is 9.60. The molecule has 1 aromatic carbocycles. The molecule has 3 N–H and O–H groups in total. The Labute approximate surface area is 114 Å². The van der Waals surface area contributed by atoms with Gasteiger partial charge in [-0.2, -0.15) is 0 Å². The average molecular weight is 269 g/mol. The van der Waals surface area contributed by atoms with Crippen LogP contribution in [0.3, 0.4) is 0 Å². The van der Waals surface area contributed by atoms with Gasteiger partial charge in [0.05, 0.1) is 13.2 Å². The second-order valence-corrected chi connectivity index (χ2v) is 4.27. The number of aromatic hydroxyl groups is 2. The number of ether oxygens (including phenoxy) is 2. The molecule has 0 atom stereocenters. The Kier molecular flexibility index (Phi) is 7.97. The lowest BCUT2D eigenvalue weighted by Crippen LogP contribution is -2.15. The highest BCUT2D eigenvalue weighted by atomic mass is 16.5. The van der Waals surface area contributed by atoms with E-state index >= 15 is 0 Å². The smallest absolute Gasteiger partial charge is 0.161 e. The summed E-state index contributed by atoms with van der Waals surface area (Å²) in [6.07, 6.45) is 2.00. The molecule has 5 heteroatoms. The molecule has 0 saturated heterocycles. The van der Waals surface area contributed by atoms with Crippen LogP contribution in [0.2, 0.25) is 0 Å². The zero-order valence-electron chi connectivity index (χ0n) is 11.4. The topological polar surface area (TPSA) is 71.0 Å². The number of rotatable bonds is 10. The first-order valence-electron chi connectivity index (χ1n) is 6.53. The van der Waals surface area contributed by atoms with Crippen molar-refractivity contribution in [1.82, 2.24) is 5.32 Å². The first-order chi connectivity index (χ1) is 9.25. The standard InChI is InChI=1S/C14H23NO4/c1-18-9-10-19-8-3-2-7-15-11-12-5-4-6-13(16)14(12)17/h4-6,15-17H,2-3,7-11H2,1H3. The number of hydrogen-bond donors (Lipinski definition) is 3. The number of methoxy groups -OCH3 is 1. The summed E-state index contributed by atoms with van der Waals surface area (Å²) in [5.41, 5.74) is 0.705. The predicted molar refractivity (Wildman–Crippen MR) is 73.4 cm³/mol. The Morgan fingerprint density at radius 1 is 1.11 bits per heavy atom. The molecule has 1 aromatic rings. The molecule has 0 fully saturated rings. The van der Waals surface area contributed by atoms with Gasteiger partial charge in [0.25, 0.3) is 0 Å². The zero-order chi connectivity index (χ0) is 13.9. The van der Waals surface area contributed by atoms with Gasteiger partial charge >= 0.3 is 0 Å². The molecule has 0 bridgehead atoms. The monoisotopic (exact) mass is 269 g/mol. The van der Waals surface area contributed by atoms with Crippen LogP contribution in [-0.2, 0) is 16.0 Å². The quantitative estimate of drug-likeness (QED) is 0.445. The van der Waals surface area contributed by atoms with Gasteiger partial charge in [-0.3, -0.25) is 0 Å². The molecule has 0 amide bonds. The van der Waals surface area contributed by atoms with Crippen LogP contribution in [0.4, 0.5) is 0 Å². The highest BCUT2D eigenvalue weighted by molar-refractivity contribution is 5.44. The number of phenolic OH excluding ortho intramolecular Hbond substituents is 2. The van der Waals surface area contributed by atoms with Crippen molar-refractivity contribution in [2.45, 2.75) is 19.4 Å². The van der Waals surface area contributed by atoms with Gasteiger partial charge in [0.2, 0.25) is 0 Å². The van der Waals surface area contributed by atoms with Crippen LogP contribution >= 0.6 is 0 Å². The van der Waals surface area contributed by atoms with E-state index in [1.54, 1.807) is 19.2 Å². The van der Waals surface area contributed by atoms with E-state index in [1.165, 1.54) is 6.07 Å². The van der Waals surface area contributed by atoms with E-state index in [2.05, 4.69) is 5.32 Å². The van der Waals surface area contributed by atoms with E-state index in [0.29, 0.717) is 25.3 Å². The fourth-order valence-electron chi connectivity index (χ4n) is 1.64. The molecule has 0 spiro atoms. The van der Waals surface area contributed by atoms with Gasteiger partial charge in [0, 0.05) is 25.8 Å². The molecular weight excluding hydrogens is 246 g/mol. The van der Waals surface area contributed by atoms with Crippen molar-refractivity contribution in [1.29, 1.82) is 0 Å². The van der Waals surface area contributed by atoms with Gasteiger partial charge in [-0.05, 0) is 25.5 Å². The van der Waals surface area contributed by atoms with Crippen molar-refractivity contribution in [3.05, 3.63) is 23.8 Å². The predicted octanol–water partition coefficient (Wildman–Crippen LogP) is 1.63. The molecular formula is C14H23NO4. The normalized spacial score (nSPS) is 10.8. The van der Waals surface area contributed by atoms with Crippen LogP contribution in [-0.4, -0.2) is 43.7 Å². The summed E-state index contributed by atoms with van der Waals surface area (Å²) in [7, 11) is 1.66. The van der Waals surface area contributed by atoms with E-state index in [4.69, 9.17) is 9.47 Å². The Hall–Kier alpha value is -1.30. The van der Waals surface area contributed by atoms with Gasteiger partial charge in [-0.15, -0.1) is 0 Å². The molecule has 0 saturated carbocycles. The van der Waals surface area contributed by atoms with Gasteiger partial charge in [-0.25, -0.2) is 0 Å². The van der Waals surface area contributed by atoms with Crippen LogP contribution in [0.5, 0.6) is 11.5 Å². The lowest BCUT2D eigenvalue weighted by molar-refractivity contribution is 0.0688. The molecule has 0 heterocycles. The number of nitrogens with one attached hydrogen (secondary N) is 1. The Morgan fingerprint density at radius 2 is 1.95 bits per heavy atom. The molecule has 0 aliphatic carbocycles. The third-order valence-electron chi connectivity index (χ3n) is 2.74. The summed E-state index contributed by atoms with van der Waals surface area (Å²) in [4.78, 5) is 0. The van der Waals surface area contributed by atoms with Crippen molar-refractivity contribution < 1.29 is 19.7 Å². The third kappa shape index (κ3) is 6.42. The molecule has 0 aliphatic heterocycles. The summed E-state index contributed by atoms with van der Waals surface area (Å²) < 4.78 is 10.2. The van der Waals surface area contributed by atoms with Crippen molar-refractivity contribution in [2.75, 3.05) is 33.5 Å². The summed E-state index contributed by atoms with van der Waals surface area (Å²) in [5, 5.41) is 22.2. The number of phenols is 2. The molecule has 0 aromatic heterocycles. The summed E-state index contributed by atoms with van der Waals surface area (Å²) in [6, 6.07) is 4.97. The average Bonchev–Trinajstić information content (AvgIpc) is 2.41. The summed E-state index contributed by atoms with van der Waals surface area (Å²) >= 11 is 0. The molecule has 19 heavy (non-hydrogen) atoms. The van der Waals surface area contributed by atoms with Gasteiger partial charge in [0.1, 0.15) is 0 Å². The minimum Gasteiger partial charge on any atom is -0.504 e. The fourth-order valence-corrected chi connectivity index (χ4v) is 1.64. The van der Waals surface area contributed by atoms with E-state index in [9.17, 15) is 10.2 Å². The van der Waals surface area contributed by atoms with Crippen molar-refractivity contribution >= 4 is 0 Å². The largest absolute Gasteiger partial charge is 0.504 e. The first-order valence-corrected chi connectivity index (χ1v) is 6.53. The maximum absolute atomic E-state index is 9.60. The van der Waals surface area contributed by atoms with Crippen molar-refractivity contribution in [3.8, 4) is 11.5 Å². The zero-order valence-corrected chi connectivity index (χ0v) is 11.4. The SMILES string of the molecule is COCCOCCCCNCc1cccc(O)c1O. The van der Waals surface area contributed by atoms with Crippen LogP contribution in [0.1, 0.15) is 18.4 Å². The number of para-hydroxylation sites is 1. The van der Waals surface area contributed by atoms with Crippen LogP contribution in [0.25, 0.3) is 0 Å². The lowest BCUT2D eigenvalue weighted by Gasteiger charge is -2.08.